The molecule has 0 aliphatic carbocycles. The van der Waals surface area contributed by atoms with Crippen molar-refractivity contribution in [3.63, 3.8) is 0 Å². The number of halogens is 1. The first-order chi connectivity index (χ1) is 12.5. The normalized spacial score (nSPS) is 11.6. The van der Waals surface area contributed by atoms with Gasteiger partial charge in [-0.25, -0.2) is 9.18 Å². The maximum Gasteiger partial charge on any atom is 0.339 e. The molecule has 0 aliphatic rings. The molecule has 3 aromatic rings. The van der Waals surface area contributed by atoms with Gasteiger partial charge in [-0.3, -0.25) is 4.79 Å². The smallest absolute Gasteiger partial charge is 0.339 e. The average molecular weight is 354 g/mol. The van der Waals surface area contributed by atoms with Gasteiger partial charge >= 0.3 is 5.97 Å². The van der Waals surface area contributed by atoms with Gasteiger partial charge in [-0.15, -0.1) is 0 Å². The van der Waals surface area contributed by atoms with E-state index in [0.29, 0.717) is 11.3 Å². The lowest BCUT2D eigenvalue weighted by Crippen LogP contribution is -2.26. The zero-order valence-corrected chi connectivity index (χ0v) is 13.8. The Morgan fingerprint density at radius 1 is 1.12 bits per heavy atom. The van der Waals surface area contributed by atoms with Gasteiger partial charge in [0.25, 0.3) is 5.91 Å². The Balaban J connectivity index is 1.83. The van der Waals surface area contributed by atoms with Crippen molar-refractivity contribution in [3.05, 3.63) is 83.4 Å². The maximum atomic E-state index is 13.3. The molecule has 3 rings (SSSR count). The van der Waals surface area contributed by atoms with Gasteiger partial charge < -0.3 is 14.6 Å². The highest BCUT2D eigenvalue weighted by Crippen LogP contribution is 2.22. The minimum Gasteiger partial charge on any atom is -0.444 e. The summed E-state index contributed by atoms with van der Waals surface area (Å²) in [6, 6.07) is 15.1. The molecule has 132 valence electrons. The van der Waals surface area contributed by atoms with Crippen LogP contribution in [0.15, 0.2) is 65.2 Å². The molecule has 6 nitrogen and oxygen atoms in total. The molecular formula is C19H15FN2O4. The number of carbonyl (C=O) groups excluding carboxylic acids is 2. The molecular weight excluding hydrogens is 339 g/mol. The SMILES string of the molecule is Cc1cc(NC(=O)[C@H](OC(=O)c2cccc(F)c2)c2ccccc2)no1. The summed E-state index contributed by atoms with van der Waals surface area (Å²) in [5.41, 5.74) is 0.478. The average Bonchev–Trinajstić information content (AvgIpc) is 3.04. The van der Waals surface area contributed by atoms with Crippen LogP contribution in [0.1, 0.15) is 27.8 Å². The summed E-state index contributed by atoms with van der Waals surface area (Å²) in [5, 5.41) is 6.22. The molecule has 0 saturated carbocycles. The fourth-order valence-corrected chi connectivity index (χ4v) is 2.31. The zero-order chi connectivity index (χ0) is 18.5. The van der Waals surface area contributed by atoms with E-state index in [-0.39, 0.29) is 11.4 Å². The van der Waals surface area contributed by atoms with Gasteiger partial charge in [0.2, 0.25) is 6.10 Å². The third-order valence-corrected chi connectivity index (χ3v) is 3.50. The highest BCUT2D eigenvalue weighted by molar-refractivity contribution is 5.97. The first-order valence-corrected chi connectivity index (χ1v) is 7.78. The number of ether oxygens (including phenoxy) is 1. The Bertz CT molecular complexity index is 924. The van der Waals surface area contributed by atoms with Crippen LogP contribution in [0.25, 0.3) is 0 Å². The zero-order valence-electron chi connectivity index (χ0n) is 13.8. The lowest BCUT2D eigenvalue weighted by Gasteiger charge is -2.17. The van der Waals surface area contributed by atoms with Crippen LogP contribution < -0.4 is 5.32 Å². The minimum absolute atomic E-state index is 0.0102. The molecule has 1 amide bonds. The number of esters is 1. The van der Waals surface area contributed by atoms with Crippen LogP contribution in [0.4, 0.5) is 10.2 Å². The fourth-order valence-electron chi connectivity index (χ4n) is 2.31. The number of anilines is 1. The van der Waals surface area contributed by atoms with Crippen molar-refractivity contribution in [3.8, 4) is 0 Å². The summed E-state index contributed by atoms with van der Waals surface area (Å²) in [5.74, 6) is -1.26. The van der Waals surface area contributed by atoms with Crippen molar-refractivity contribution < 1.29 is 23.2 Å². The molecule has 2 aromatic carbocycles. The first-order valence-electron chi connectivity index (χ1n) is 7.78. The third-order valence-electron chi connectivity index (χ3n) is 3.50. The van der Waals surface area contributed by atoms with Gasteiger partial charge in [0.1, 0.15) is 11.6 Å². The van der Waals surface area contributed by atoms with E-state index in [1.54, 1.807) is 37.3 Å². The lowest BCUT2D eigenvalue weighted by atomic mass is 10.1. The van der Waals surface area contributed by atoms with Crippen LogP contribution in [0.3, 0.4) is 0 Å². The number of aromatic nitrogens is 1. The second-order valence-electron chi connectivity index (χ2n) is 5.52. The predicted molar refractivity (Wildman–Crippen MR) is 90.9 cm³/mol. The molecule has 0 spiro atoms. The predicted octanol–water partition coefficient (Wildman–Crippen LogP) is 3.66. The Kier molecular flexibility index (Phi) is 5.07. The van der Waals surface area contributed by atoms with Crippen molar-refractivity contribution >= 4 is 17.7 Å². The number of amides is 1. The summed E-state index contributed by atoms with van der Waals surface area (Å²) >= 11 is 0. The van der Waals surface area contributed by atoms with Crippen molar-refractivity contribution in [2.75, 3.05) is 5.32 Å². The number of hydrogen-bond acceptors (Lipinski definition) is 5. The molecule has 0 saturated heterocycles. The van der Waals surface area contributed by atoms with Gasteiger partial charge in [0.05, 0.1) is 5.56 Å². The van der Waals surface area contributed by atoms with E-state index in [2.05, 4.69) is 10.5 Å². The number of rotatable bonds is 5. The van der Waals surface area contributed by atoms with E-state index in [0.717, 1.165) is 6.07 Å². The van der Waals surface area contributed by atoms with E-state index in [9.17, 15) is 14.0 Å². The van der Waals surface area contributed by atoms with Crippen LogP contribution in [0.5, 0.6) is 0 Å². The highest BCUT2D eigenvalue weighted by Gasteiger charge is 2.26. The monoisotopic (exact) mass is 354 g/mol. The number of hydrogen-bond donors (Lipinski definition) is 1. The number of carbonyl (C=O) groups is 2. The number of aryl methyl sites for hydroxylation is 1. The number of nitrogens with zero attached hydrogens (tertiary/aromatic N) is 1. The van der Waals surface area contributed by atoms with Crippen molar-refractivity contribution in [1.82, 2.24) is 5.16 Å². The summed E-state index contributed by atoms with van der Waals surface area (Å²) in [4.78, 5) is 25.0. The van der Waals surface area contributed by atoms with Gasteiger partial charge in [-0.05, 0) is 25.1 Å². The maximum absolute atomic E-state index is 13.3. The van der Waals surface area contributed by atoms with E-state index < -0.39 is 23.8 Å². The van der Waals surface area contributed by atoms with Crippen LogP contribution in [0.2, 0.25) is 0 Å². The van der Waals surface area contributed by atoms with E-state index in [1.165, 1.54) is 24.3 Å². The Labute approximate surface area is 148 Å². The number of benzene rings is 2. The molecule has 7 heteroatoms. The molecule has 0 radical (unpaired) electrons. The molecule has 1 aromatic heterocycles. The van der Waals surface area contributed by atoms with Gasteiger partial charge in [0, 0.05) is 11.6 Å². The quantitative estimate of drug-likeness (QED) is 0.707. The van der Waals surface area contributed by atoms with E-state index >= 15 is 0 Å². The first kappa shape index (κ1) is 17.3. The number of nitrogens with one attached hydrogen (secondary N) is 1. The Morgan fingerprint density at radius 3 is 2.54 bits per heavy atom. The Hall–Kier alpha value is -3.48. The molecule has 0 aliphatic heterocycles. The molecule has 26 heavy (non-hydrogen) atoms. The molecule has 1 atom stereocenters. The van der Waals surface area contributed by atoms with Gasteiger partial charge in [0.15, 0.2) is 5.82 Å². The standard InChI is InChI=1S/C19H15FN2O4/c1-12-10-16(22-26-12)21-18(23)17(13-6-3-2-4-7-13)25-19(24)14-8-5-9-15(20)11-14/h2-11,17H,1H3,(H,21,22,23)/t17-/m1/s1. The molecule has 1 N–H and O–H groups in total. The van der Waals surface area contributed by atoms with E-state index in [1.807, 2.05) is 0 Å². The summed E-state index contributed by atoms with van der Waals surface area (Å²) in [6.07, 6.45) is -1.23. The third kappa shape index (κ3) is 4.13. The highest BCUT2D eigenvalue weighted by atomic mass is 19.1. The van der Waals surface area contributed by atoms with Crippen LogP contribution in [0, 0.1) is 12.7 Å². The van der Waals surface area contributed by atoms with E-state index in [4.69, 9.17) is 9.26 Å². The molecule has 1 heterocycles. The topological polar surface area (TPSA) is 81.4 Å². The minimum atomic E-state index is -1.23. The molecule has 0 fully saturated rings. The van der Waals surface area contributed by atoms with Gasteiger partial charge in [-0.1, -0.05) is 41.6 Å². The lowest BCUT2D eigenvalue weighted by molar-refractivity contribution is -0.125. The Morgan fingerprint density at radius 2 is 1.88 bits per heavy atom. The summed E-state index contributed by atoms with van der Waals surface area (Å²) < 4.78 is 23.6. The van der Waals surface area contributed by atoms with Crippen molar-refractivity contribution in [2.24, 2.45) is 0 Å². The fraction of sp³-hybridized carbons (Fsp3) is 0.105. The van der Waals surface area contributed by atoms with Crippen molar-refractivity contribution in [1.29, 1.82) is 0 Å². The summed E-state index contributed by atoms with van der Waals surface area (Å²) in [7, 11) is 0. The van der Waals surface area contributed by atoms with Crippen LogP contribution in [-0.2, 0) is 9.53 Å². The van der Waals surface area contributed by atoms with Crippen LogP contribution in [-0.4, -0.2) is 17.0 Å². The van der Waals surface area contributed by atoms with Gasteiger partial charge in [-0.2, -0.15) is 0 Å². The van der Waals surface area contributed by atoms with Crippen molar-refractivity contribution in [2.45, 2.75) is 13.0 Å². The summed E-state index contributed by atoms with van der Waals surface area (Å²) in [6.45, 7) is 1.68. The molecule has 0 unspecified atom stereocenters. The second-order valence-corrected chi connectivity index (χ2v) is 5.52. The largest absolute Gasteiger partial charge is 0.444 e. The second kappa shape index (κ2) is 7.60. The molecule has 0 bridgehead atoms. The van der Waals surface area contributed by atoms with Crippen LogP contribution >= 0.6 is 0 Å².